The van der Waals surface area contributed by atoms with E-state index >= 15 is 0 Å². The van der Waals surface area contributed by atoms with Gasteiger partial charge in [0, 0.05) is 12.6 Å². The van der Waals surface area contributed by atoms with E-state index in [0.29, 0.717) is 17.3 Å². The van der Waals surface area contributed by atoms with Crippen molar-refractivity contribution in [3.05, 3.63) is 11.5 Å². The molecule has 2 aromatic rings. The molecule has 0 aromatic carbocycles. The lowest BCUT2D eigenvalue weighted by molar-refractivity contribution is 0.214. The van der Waals surface area contributed by atoms with Crippen LogP contribution in [0, 0.1) is 0 Å². The summed E-state index contributed by atoms with van der Waals surface area (Å²) in [6.07, 6.45) is 4.11. The Morgan fingerprint density at radius 2 is 2.26 bits per heavy atom. The Balaban J connectivity index is 2.05. The third kappa shape index (κ3) is 2.15. The van der Waals surface area contributed by atoms with E-state index in [1.54, 1.807) is 7.11 Å². The summed E-state index contributed by atoms with van der Waals surface area (Å²) in [5.41, 5.74) is 1.41. The summed E-state index contributed by atoms with van der Waals surface area (Å²) in [6, 6.07) is 0.379. The summed E-state index contributed by atoms with van der Waals surface area (Å²) in [7, 11) is 3.70. The maximum Gasteiger partial charge on any atom is 0.196 e. The van der Waals surface area contributed by atoms with Crippen molar-refractivity contribution in [1.82, 2.24) is 24.6 Å². The van der Waals surface area contributed by atoms with Gasteiger partial charge in [-0.05, 0) is 26.4 Å². The number of likely N-dealkylation sites (tertiary alicyclic amines) is 1. The molecule has 6 nitrogen and oxygen atoms in total. The SMILES string of the molecule is COc1c(Cl)nnc2c1ncn2[C@@H]1CCCN(C)C1. The van der Waals surface area contributed by atoms with Gasteiger partial charge in [-0.15, -0.1) is 10.2 Å². The van der Waals surface area contributed by atoms with Crippen molar-refractivity contribution >= 4 is 22.8 Å². The van der Waals surface area contributed by atoms with Crippen molar-refractivity contribution in [2.45, 2.75) is 18.9 Å². The summed E-state index contributed by atoms with van der Waals surface area (Å²) in [5.74, 6) is 0.495. The number of piperidine rings is 1. The van der Waals surface area contributed by atoms with Crippen molar-refractivity contribution in [3.63, 3.8) is 0 Å². The first-order chi connectivity index (χ1) is 9.20. The van der Waals surface area contributed by atoms with Crippen LogP contribution in [0.25, 0.3) is 11.2 Å². The Morgan fingerprint density at radius 3 is 3.00 bits per heavy atom. The number of fused-ring (bicyclic) bond motifs is 1. The number of aromatic nitrogens is 4. The van der Waals surface area contributed by atoms with Crippen LogP contribution in [0.2, 0.25) is 5.15 Å². The predicted octanol–water partition coefficient (Wildman–Crippen LogP) is 1.75. The molecular weight excluding hydrogens is 266 g/mol. The monoisotopic (exact) mass is 281 g/mol. The maximum absolute atomic E-state index is 5.97. The van der Waals surface area contributed by atoms with E-state index < -0.39 is 0 Å². The highest BCUT2D eigenvalue weighted by Gasteiger charge is 2.23. The van der Waals surface area contributed by atoms with Crippen LogP contribution in [0.4, 0.5) is 0 Å². The quantitative estimate of drug-likeness (QED) is 0.839. The van der Waals surface area contributed by atoms with E-state index in [-0.39, 0.29) is 5.15 Å². The number of hydrogen-bond acceptors (Lipinski definition) is 5. The number of nitrogens with zero attached hydrogens (tertiary/aromatic N) is 5. The molecular formula is C12H16ClN5O. The van der Waals surface area contributed by atoms with Crippen LogP contribution in [0.5, 0.6) is 5.75 Å². The fraction of sp³-hybridized carbons (Fsp3) is 0.583. The van der Waals surface area contributed by atoms with Crippen LogP contribution in [0.3, 0.4) is 0 Å². The second-order valence-electron chi connectivity index (χ2n) is 4.91. The van der Waals surface area contributed by atoms with E-state index in [1.165, 1.54) is 6.42 Å². The van der Waals surface area contributed by atoms with Gasteiger partial charge < -0.3 is 14.2 Å². The molecule has 1 atom stereocenters. The lowest BCUT2D eigenvalue weighted by atomic mass is 10.1. The summed E-state index contributed by atoms with van der Waals surface area (Å²) in [6.45, 7) is 2.14. The zero-order valence-electron chi connectivity index (χ0n) is 11.0. The van der Waals surface area contributed by atoms with Gasteiger partial charge in [0.05, 0.1) is 13.4 Å². The summed E-state index contributed by atoms with van der Waals surface area (Å²) >= 11 is 5.97. The van der Waals surface area contributed by atoms with E-state index in [0.717, 1.165) is 25.2 Å². The number of ether oxygens (including phenoxy) is 1. The molecule has 0 N–H and O–H groups in total. The van der Waals surface area contributed by atoms with Gasteiger partial charge in [-0.3, -0.25) is 0 Å². The number of halogens is 1. The molecule has 3 heterocycles. The Labute approximate surface area is 116 Å². The van der Waals surface area contributed by atoms with E-state index in [4.69, 9.17) is 16.3 Å². The van der Waals surface area contributed by atoms with Crippen molar-refractivity contribution in [2.75, 3.05) is 27.2 Å². The Bertz CT molecular complexity index is 599. The third-order valence-corrected chi connectivity index (χ3v) is 3.85. The zero-order chi connectivity index (χ0) is 13.4. The number of likely N-dealkylation sites (N-methyl/N-ethyl adjacent to an activating group) is 1. The van der Waals surface area contributed by atoms with Crippen molar-refractivity contribution < 1.29 is 4.74 Å². The standard InChI is InChI=1S/C12H16ClN5O/c1-17-5-3-4-8(6-17)18-7-14-9-10(19-2)11(13)15-16-12(9)18/h7-8H,3-6H2,1-2H3/t8-/m1/s1. The highest BCUT2D eigenvalue weighted by Crippen LogP contribution is 2.31. The molecule has 102 valence electrons. The van der Waals surface area contributed by atoms with Crippen LogP contribution in [-0.4, -0.2) is 51.9 Å². The third-order valence-electron chi connectivity index (χ3n) is 3.60. The fourth-order valence-corrected chi connectivity index (χ4v) is 2.87. The molecule has 0 bridgehead atoms. The number of rotatable bonds is 2. The molecule has 0 amide bonds. The van der Waals surface area contributed by atoms with Crippen molar-refractivity contribution in [2.24, 2.45) is 0 Å². The van der Waals surface area contributed by atoms with Crippen molar-refractivity contribution in [1.29, 1.82) is 0 Å². The van der Waals surface area contributed by atoms with Gasteiger partial charge in [-0.1, -0.05) is 11.6 Å². The molecule has 0 unspecified atom stereocenters. The minimum absolute atomic E-state index is 0.251. The molecule has 7 heteroatoms. The Kier molecular flexibility index (Phi) is 3.28. The lowest BCUT2D eigenvalue weighted by Gasteiger charge is -2.30. The first kappa shape index (κ1) is 12.6. The van der Waals surface area contributed by atoms with Crippen molar-refractivity contribution in [3.8, 4) is 5.75 Å². The molecule has 19 heavy (non-hydrogen) atoms. The summed E-state index contributed by atoms with van der Waals surface area (Å²) < 4.78 is 7.34. The number of hydrogen-bond donors (Lipinski definition) is 0. The van der Waals surface area contributed by atoms with Gasteiger partial charge in [0.15, 0.2) is 22.1 Å². The molecule has 3 rings (SSSR count). The predicted molar refractivity (Wildman–Crippen MR) is 72.7 cm³/mol. The van der Waals surface area contributed by atoms with Gasteiger partial charge in [-0.25, -0.2) is 4.98 Å². The van der Waals surface area contributed by atoms with E-state index in [2.05, 4.69) is 31.7 Å². The highest BCUT2D eigenvalue weighted by molar-refractivity contribution is 6.31. The van der Waals surface area contributed by atoms with E-state index in [9.17, 15) is 0 Å². The molecule has 1 aliphatic heterocycles. The average molecular weight is 282 g/mol. The molecule has 0 radical (unpaired) electrons. The second kappa shape index (κ2) is 4.94. The second-order valence-corrected chi connectivity index (χ2v) is 5.26. The first-order valence-electron chi connectivity index (χ1n) is 6.32. The van der Waals surface area contributed by atoms with Crippen LogP contribution < -0.4 is 4.74 Å². The molecule has 2 aromatic heterocycles. The van der Waals surface area contributed by atoms with Crippen LogP contribution in [0.15, 0.2) is 6.33 Å². The van der Waals surface area contributed by atoms with Crippen LogP contribution >= 0.6 is 11.6 Å². The zero-order valence-corrected chi connectivity index (χ0v) is 11.8. The molecule has 1 fully saturated rings. The molecule has 0 spiro atoms. The normalized spacial score (nSPS) is 20.9. The van der Waals surface area contributed by atoms with Gasteiger partial charge in [0.25, 0.3) is 0 Å². The molecule has 0 saturated carbocycles. The number of imidazole rings is 1. The fourth-order valence-electron chi connectivity index (χ4n) is 2.66. The number of methoxy groups -OCH3 is 1. The molecule has 0 aliphatic carbocycles. The smallest absolute Gasteiger partial charge is 0.196 e. The Hall–Kier alpha value is -1.40. The minimum atomic E-state index is 0.251. The molecule has 1 saturated heterocycles. The minimum Gasteiger partial charge on any atom is -0.491 e. The van der Waals surface area contributed by atoms with E-state index in [1.807, 2.05) is 6.33 Å². The topological polar surface area (TPSA) is 56.1 Å². The Morgan fingerprint density at radius 1 is 1.42 bits per heavy atom. The van der Waals surface area contributed by atoms with Gasteiger partial charge in [0.1, 0.15) is 0 Å². The van der Waals surface area contributed by atoms with Gasteiger partial charge in [0.2, 0.25) is 0 Å². The largest absolute Gasteiger partial charge is 0.491 e. The summed E-state index contributed by atoms with van der Waals surface area (Å²) in [4.78, 5) is 6.70. The molecule has 1 aliphatic rings. The maximum atomic E-state index is 5.97. The van der Waals surface area contributed by atoms with Crippen LogP contribution in [-0.2, 0) is 0 Å². The van der Waals surface area contributed by atoms with Gasteiger partial charge >= 0.3 is 0 Å². The lowest BCUT2D eigenvalue weighted by Crippen LogP contribution is -2.33. The highest BCUT2D eigenvalue weighted by atomic mass is 35.5. The van der Waals surface area contributed by atoms with Crippen LogP contribution in [0.1, 0.15) is 18.9 Å². The summed E-state index contributed by atoms with van der Waals surface area (Å²) in [5, 5.41) is 8.36. The van der Waals surface area contributed by atoms with Gasteiger partial charge in [-0.2, -0.15) is 0 Å². The first-order valence-corrected chi connectivity index (χ1v) is 6.69. The average Bonchev–Trinajstić information content (AvgIpc) is 2.82.